The van der Waals surface area contributed by atoms with E-state index < -0.39 is 6.10 Å². The lowest BCUT2D eigenvalue weighted by Crippen LogP contribution is -2.15. The van der Waals surface area contributed by atoms with Crippen LogP contribution in [0.15, 0.2) is 10.5 Å². The summed E-state index contributed by atoms with van der Waals surface area (Å²) in [7, 11) is 0. The number of hydrogen-bond donors (Lipinski definition) is 3. The van der Waals surface area contributed by atoms with Gasteiger partial charge in [-0.2, -0.15) is 0 Å². The molecule has 0 fully saturated rings. The van der Waals surface area contributed by atoms with Gasteiger partial charge in [0.25, 0.3) is 0 Å². The number of aliphatic hydroxyl groups is 1. The molecule has 0 bridgehead atoms. The molecule has 0 aromatic heterocycles. The Morgan fingerprint density at radius 3 is 2.71 bits per heavy atom. The molecule has 17 heavy (non-hydrogen) atoms. The Morgan fingerprint density at radius 2 is 2.00 bits per heavy atom. The van der Waals surface area contributed by atoms with Crippen molar-refractivity contribution >= 4 is 15.9 Å². The van der Waals surface area contributed by atoms with Crippen molar-refractivity contribution in [1.29, 1.82) is 0 Å². The maximum atomic E-state index is 10.1. The van der Waals surface area contributed by atoms with Gasteiger partial charge in [-0.3, -0.25) is 0 Å². The molecule has 1 aromatic rings. The van der Waals surface area contributed by atoms with Crippen LogP contribution < -0.4 is 5.73 Å². The number of phenolic OH excluding ortho intramolecular Hbond substituents is 1. The van der Waals surface area contributed by atoms with E-state index >= 15 is 0 Å². The third-order valence-corrected chi connectivity index (χ3v) is 4.03. The summed E-state index contributed by atoms with van der Waals surface area (Å²) in [4.78, 5) is 0. The van der Waals surface area contributed by atoms with E-state index in [4.69, 9.17) is 5.73 Å². The molecule has 1 unspecified atom stereocenters. The zero-order valence-corrected chi connectivity index (χ0v) is 11.3. The summed E-state index contributed by atoms with van der Waals surface area (Å²) < 4.78 is 0.653. The number of nitrogens with two attached hydrogens (primary N) is 1. The highest BCUT2D eigenvalue weighted by atomic mass is 79.9. The molecular weight excluding hydrogens is 282 g/mol. The molecule has 1 aliphatic rings. The standard InChI is InChI=1S/C13H18BrNO2/c14-10-6-8-4-2-1-3-5-9(8)12(13(10)17)11(16)7-15/h6,11,16-17H,1-5,7,15H2. The summed E-state index contributed by atoms with van der Waals surface area (Å²) in [6, 6.07) is 1.97. The van der Waals surface area contributed by atoms with E-state index in [9.17, 15) is 10.2 Å². The van der Waals surface area contributed by atoms with Crippen LogP contribution in [-0.2, 0) is 12.8 Å². The van der Waals surface area contributed by atoms with Crippen LogP contribution in [0.25, 0.3) is 0 Å². The summed E-state index contributed by atoms with van der Waals surface area (Å²) in [5.74, 6) is 0.142. The Hall–Kier alpha value is -0.580. The van der Waals surface area contributed by atoms with Gasteiger partial charge in [-0.25, -0.2) is 0 Å². The fourth-order valence-electron chi connectivity index (χ4n) is 2.54. The molecule has 3 nitrogen and oxygen atoms in total. The first kappa shape index (κ1) is 12.9. The molecule has 1 aliphatic carbocycles. The SMILES string of the molecule is NCC(O)c1c(O)c(Br)cc2c1CCCCC2. The van der Waals surface area contributed by atoms with Gasteiger partial charge in [-0.05, 0) is 58.8 Å². The number of aromatic hydroxyl groups is 1. The van der Waals surface area contributed by atoms with Gasteiger partial charge >= 0.3 is 0 Å². The molecule has 0 aliphatic heterocycles. The molecule has 0 radical (unpaired) electrons. The van der Waals surface area contributed by atoms with Gasteiger partial charge in [-0.15, -0.1) is 0 Å². The summed E-state index contributed by atoms with van der Waals surface area (Å²) in [6.07, 6.45) is 4.63. The second kappa shape index (κ2) is 5.38. The molecule has 0 saturated heterocycles. The molecule has 1 atom stereocenters. The molecular formula is C13H18BrNO2. The highest BCUT2D eigenvalue weighted by Crippen LogP contribution is 2.39. The average molecular weight is 300 g/mol. The normalized spacial score (nSPS) is 17.4. The summed E-state index contributed by atoms with van der Waals surface area (Å²) in [5, 5.41) is 20.1. The van der Waals surface area contributed by atoms with Crippen molar-refractivity contribution in [1.82, 2.24) is 0 Å². The number of hydrogen-bond acceptors (Lipinski definition) is 3. The van der Waals surface area contributed by atoms with Crippen LogP contribution in [0.1, 0.15) is 42.1 Å². The molecule has 0 saturated carbocycles. The first-order chi connectivity index (χ1) is 8.15. The van der Waals surface area contributed by atoms with Gasteiger partial charge in [0.2, 0.25) is 0 Å². The van der Waals surface area contributed by atoms with Gasteiger partial charge in [0.1, 0.15) is 5.75 Å². The molecule has 0 amide bonds. The van der Waals surface area contributed by atoms with Crippen molar-refractivity contribution in [3.05, 3.63) is 27.2 Å². The fraction of sp³-hybridized carbons (Fsp3) is 0.538. The van der Waals surface area contributed by atoms with Crippen LogP contribution in [0, 0.1) is 0 Å². The van der Waals surface area contributed by atoms with Crippen LogP contribution in [0.4, 0.5) is 0 Å². The van der Waals surface area contributed by atoms with Crippen molar-refractivity contribution in [3.63, 3.8) is 0 Å². The molecule has 1 aromatic carbocycles. The number of fused-ring (bicyclic) bond motifs is 1. The topological polar surface area (TPSA) is 66.5 Å². The van der Waals surface area contributed by atoms with Crippen LogP contribution in [0.2, 0.25) is 0 Å². The Labute approximate surface area is 110 Å². The Bertz CT molecular complexity index is 420. The van der Waals surface area contributed by atoms with Crippen LogP contribution in [0.5, 0.6) is 5.75 Å². The van der Waals surface area contributed by atoms with Gasteiger partial charge < -0.3 is 15.9 Å². The number of aliphatic hydroxyl groups excluding tert-OH is 1. The van der Waals surface area contributed by atoms with Gasteiger partial charge in [0, 0.05) is 12.1 Å². The van der Waals surface area contributed by atoms with Gasteiger partial charge in [0.05, 0.1) is 10.6 Å². The van der Waals surface area contributed by atoms with Crippen molar-refractivity contribution in [2.24, 2.45) is 5.73 Å². The van der Waals surface area contributed by atoms with E-state index in [1.54, 1.807) is 0 Å². The van der Waals surface area contributed by atoms with E-state index in [0.29, 0.717) is 10.0 Å². The molecule has 4 heteroatoms. The predicted molar refractivity (Wildman–Crippen MR) is 71.1 cm³/mol. The predicted octanol–water partition coefficient (Wildman–Crippen LogP) is 2.42. The zero-order chi connectivity index (χ0) is 12.4. The molecule has 4 N–H and O–H groups in total. The maximum Gasteiger partial charge on any atom is 0.135 e. The van der Waals surface area contributed by atoms with Crippen LogP contribution in [0.3, 0.4) is 0 Å². The van der Waals surface area contributed by atoms with E-state index in [1.807, 2.05) is 6.07 Å². The van der Waals surface area contributed by atoms with E-state index in [1.165, 1.54) is 18.4 Å². The Morgan fingerprint density at radius 1 is 1.29 bits per heavy atom. The third-order valence-electron chi connectivity index (χ3n) is 3.42. The van der Waals surface area contributed by atoms with Crippen molar-refractivity contribution < 1.29 is 10.2 Å². The van der Waals surface area contributed by atoms with E-state index in [-0.39, 0.29) is 12.3 Å². The Balaban J connectivity index is 2.57. The zero-order valence-electron chi connectivity index (χ0n) is 9.75. The quantitative estimate of drug-likeness (QED) is 0.735. The molecule has 0 heterocycles. The second-order valence-electron chi connectivity index (χ2n) is 4.57. The van der Waals surface area contributed by atoms with Gasteiger partial charge in [-0.1, -0.05) is 6.42 Å². The monoisotopic (exact) mass is 299 g/mol. The van der Waals surface area contributed by atoms with E-state index in [0.717, 1.165) is 24.8 Å². The average Bonchev–Trinajstić information content (AvgIpc) is 2.55. The Kier molecular flexibility index (Phi) is 4.07. The number of rotatable bonds is 2. The minimum Gasteiger partial charge on any atom is -0.506 e. The lowest BCUT2D eigenvalue weighted by Gasteiger charge is -2.19. The molecule has 2 rings (SSSR count). The third kappa shape index (κ3) is 2.49. The second-order valence-corrected chi connectivity index (χ2v) is 5.42. The summed E-state index contributed by atoms with van der Waals surface area (Å²) >= 11 is 3.35. The molecule has 94 valence electrons. The van der Waals surface area contributed by atoms with Crippen molar-refractivity contribution in [3.8, 4) is 5.75 Å². The number of aryl methyl sites for hydroxylation is 1. The fourth-order valence-corrected chi connectivity index (χ4v) is 3.03. The van der Waals surface area contributed by atoms with Crippen molar-refractivity contribution in [2.75, 3.05) is 6.54 Å². The van der Waals surface area contributed by atoms with Crippen molar-refractivity contribution in [2.45, 2.75) is 38.2 Å². The van der Waals surface area contributed by atoms with Gasteiger partial charge in [0.15, 0.2) is 0 Å². The largest absolute Gasteiger partial charge is 0.506 e. The number of phenols is 1. The summed E-state index contributed by atoms with van der Waals surface area (Å²) in [6.45, 7) is 0.135. The lowest BCUT2D eigenvalue weighted by atomic mass is 9.93. The lowest BCUT2D eigenvalue weighted by molar-refractivity contribution is 0.181. The summed E-state index contributed by atoms with van der Waals surface area (Å²) in [5.41, 5.74) is 8.47. The molecule has 0 spiro atoms. The number of halogens is 1. The smallest absolute Gasteiger partial charge is 0.135 e. The highest BCUT2D eigenvalue weighted by Gasteiger charge is 2.22. The minimum atomic E-state index is -0.778. The highest BCUT2D eigenvalue weighted by molar-refractivity contribution is 9.10. The van der Waals surface area contributed by atoms with E-state index in [2.05, 4.69) is 15.9 Å². The van der Waals surface area contributed by atoms with Crippen LogP contribution in [-0.4, -0.2) is 16.8 Å². The number of benzene rings is 1. The maximum absolute atomic E-state index is 10.1. The minimum absolute atomic E-state index is 0.135. The first-order valence-corrected chi connectivity index (χ1v) is 6.85. The first-order valence-electron chi connectivity index (χ1n) is 6.06. The van der Waals surface area contributed by atoms with Crippen LogP contribution >= 0.6 is 15.9 Å².